The number of aromatic nitrogens is 5. The molecule has 4 aromatic rings. The van der Waals surface area contributed by atoms with Gasteiger partial charge in [-0.3, -0.25) is 15.1 Å². The summed E-state index contributed by atoms with van der Waals surface area (Å²) in [4.78, 5) is 32.2. The number of ether oxygens (including phenoxy) is 1. The zero-order valence-corrected chi connectivity index (χ0v) is 31.5. The Labute approximate surface area is 320 Å². The number of alkyl halides is 5. The van der Waals surface area contributed by atoms with Crippen molar-refractivity contribution >= 4 is 39.6 Å². The molecular weight excluding hydrogens is 796 g/mol. The highest BCUT2D eigenvalue weighted by atomic mass is 35.5. The van der Waals surface area contributed by atoms with Crippen LogP contribution in [0, 0.1) is 16.6 Å². The molecular formula is C34H34ClF6N9O5S. The minimum atomic E-state index is -4.78. The average molecular weight is 830 g/mol. The van der Waals surface area contributed by atoms with Gasteiger partial charge in [0.2, 0.25) is 0 Å². The lowest BCUT2D eigenvalue weighted by Crippen LogP contribution is -2.49. The Morgan fingerprint density at radius 1 is 1.11 bits per heavy atom. The van der Waals surface area contributed by atoms with Crippen LogP contribution in [-0.4, -0.2) is 79.8 Å². The van der Waals surface area contributed by atoms with Gasteiger partial charge >= 0.3 is 12.3 Å². The zero-order chi connectivity index (χ0) is 41.2. The maximum absolute atomic E-state index is 16.4. The van der Waals surface area contributed by atoms with Gasteiger partial charge in [-0.05, 0) is 54.0 Å². The minimum absolute atomic E-state index is 0.00930. The molecule has 2 aliphatic rings. The van der Waals surface area contributed by atoms with Crippen LogP contribution in [0.15, 0.2) is 55.1 Å². The molecule has 2 fully saturated rings. The van der Waals surface area contributed by atoms with Crippen molar-refractivity contribution in [1.82, 2.24) is 39.5 Å². The zero-order valence-electron chi connectivity index (χ0n) is 30.0. The maximum Gasteiger partial charge on any atom is 0.411 e. The molecule has 2 atom stereocenters. The fourth-order valence-electron chi connectivity index (χ4n) is 6.58. The van der Waals surface area contributed by atoms with Crippen LogP contribution in [0.4, 0.5) is 31.1 Å². The van der Waals surface area contributed by atoms with E-state index in [9.17, 15) is 40.0 Å². The van der Waals surface area contributed by atoms with Crippen molar-refractivity contribution in [3.63, 3.8) is 0 Å². The third-order valence-electron chi connectivity index (χ3n) is 9.28. The highest BCUT2D eigenvalue weighted by Gasteiger charge is 2.65. The summed E-state index contributed by atoms with van der Waals surface area (Å²) < 4.78 is 116. The number of hydrogen-bond donors (Lipinski definition) is 3. The monoisotopic (exact) mass is 829 g/mol. The van der Waals surface area contributed by atoms with Gasteiger partial charge in [0.25, 0.3) is 22.4 Å². The molecule has 6 rings (SSSR count). The Bertz CT molecular complexity index is 2320. The topological polar surface area (TPSA) is 177 Å². The molecule has 56 heavy (non-hydrogen) atoms. The average Bonchev–Trinajstić information content (AvgIpc) is 3.40. The van der Waals surface area contributed by atoms with E-state index in [2.05, 4.69) is 20.5 Å². The maximum atomic E-state index is 16.4. The van der Waals surface area contributed by atoms with Crippen molar-refractivity contribution in [3.05, 3.63) is 82.9 Å². The molecule has 0 spiro atoms. The van der Waals surface area contributed by atoms with Crippen molar-refractivity contribution in [3.8, 4) is 16.8 Å². The van der Waals surface area contributed by atoms with Crippen molar-refractivity contribution in [2.24, 2.45) is 5.41 Å². The number of rotatable bonds is 11. The van der Waals surface area contributed by atoms with E-state index in [0.717, 1.165) is 28.2 Å². The van der Waals surface area contributed by atoms with E-state index in [1.807, 2.05) is 5.32 Å². The van der Waals surface area contributed by atoms with Crippen LogP contribution < -0.4 is 10.6 Å². The van der Waals surface area contributed by atoms with Gasteiger partial charge in [0.05, 0.1) is 35.4 Å². The van der Waals surface area contributed by atoms with Gasteiger partial charge in [0.15, 0.2) is 11.8 Å². The molecule has 2 aromatic heterocycles. The van der Waals surface area contributed by atoms with E-state index < -0.39 is 94.2 Å². The fourth-order valence-corrected chi connectivity index (χ4v) is 7.30. The lowest BCUT2D eigenvalue weighted by atomic mass is 9.75. The molecule has 0 radical (unpaired) electrons. The SMILES string of the molecule is CC(C)(C)C[C@]1(c2ccc(-c3cnn(S(C)(=O)=O)c3)cc2F)NC(=N)N([C@H](COC(=O)NC2(C(F)(F)F)CC2)c2ccc(Cl)c(-n3ncnc3C(F)F)c2)C1=O. The number of hydrogen-bond acceptors (Lipinski definition) is 9. The third kappa shape index (κ3) is 7.65. The van der Waals surface area contributed by atoms with E-state index in [0.29, 0.717) is 4.09 Å². The molecule has 1 saturated heterocycles. The summed E-state index contributed by atoms with van der Waals surface area (Å²) >= 11 is 6.38. The molecule has 1 saturated carbocycles. The van der Waals surface area contributed by atoms with E-state index in [-0.39, 0.29) is 39.4 Å². The van der Waals surface area contributed by atoms with Crippen LogP contribution in [0.25, 0.3) is 16.8 Å². The number of amides is 2. The van der Waals surface area contributed by atoms with Crippen molar-refractivity contribution in [2.75, 3.05) is 12.9 Å². The Morgan fingerprint density at radius 3 is 2.38 bits per heavy atom. The predicted molar refractivity (Wildman–Crippen MR) is 188 cm³/mol. The molecule has 14 nitrogen and oxygen atoms in total. The van der Waals surface area contributed by atoms with E-state index >= 15 is 4.39 Å². The first-order chi connectivity index (χ1) is 26.0. The van der Waals surface area contributed by atoms with Gasteiger partial charge in [-0.2, -0.15) is 27.5 Å². The standard InChI is InChI=1S/C34H34ClF6N9O5S/c1-31(2,3)16-33(21-7-5-18(11-23(21)36)20-13-44-48(14-20)56(4,53)54)28(51)49(29(42)46-33)25(15-55-30(52)47-32(9-10-32)34(39,40)41)19-6-8-22(35)24(12-19)50-27(26(37)38)43-17-45-50/h5-8,11-14,17,25-26H,9-10,15-16H2,1-4H3,(H2,42,46)(H,47,52)/t25-,33-/m1/s1. The molecule has 0 bridgehead atoms. The first-order valence-corrected chi connectivity index (χ1v) is 18.9. The summed E-state index contributed by atoms with van der Waals surface area (Å²) in [7, 11) is -3.75. The largest absolute Gasteiger partial charge is 0.447 e. The van der Waals surface area contributed by atoms with E-state index in [1.54, 1.807) is 20.8 Å². The van der Waals surface area contributed by atoms with Gasteiger partial charge in [-0.15, -0.1) is 0 Å². The van der Waals surface area contributed by atoms with Crippen LogP contribution in [0.3, 0.4) is 0 Å². The highest BCUT2D eigenvalue weighted by Crippen LogP contribution is 2.49. The van der Waals surface area contributed by atoms with Crippen molar-refractivity contribution in [2.45, 2.75) is 69.8 Å². The lowest BCUT2D eigenvalue weighted by molar-refractivity contribution is -0.164. The highest BCUT2D eigenvalue weighted by molar-refractivity contribution is 7.89. The molecule has 0 unspecified atom stereocenters. The first-order valence-electron chi connectivity index (χ1n) is 16.7. The van der Waals surface area contributed by atoms with E-state index in [4.69, 9.17) is 21.7 Å². The Morgan fingerprint density at radius 2 is 1.80 bits per heavy atom. The number of guanidine groups is 1. The van der Waals surface area contributed by atoms with Crippen LogP contribution >= 0.6 is 11.6 Å². The number of nitrogens with one attached hydrogen (secondary N) is 3. The Kier molecular flexibility index (Phi) is 10.2. The molecule has 1 aliphatic heterocycles. The second kappa shape index (κ2) is 14.1. The van der Waals surface area contributed by atoms with Crippen molar-refractivity contribution in [1.29, 1.82) is 5.41 Å². The molecule has 300 valence electrons. The molecule has 2 aromatic carbocycles. The van der Waals surface area contributed by atoms with Gasteiger partial charge in [-0.1, -0.05) is 50.6 Å². The number of benzene rings is 2. The smallest absolute Gasteiger partial charge is 0.411 e. The number of carbonyl (C=O) groups is 2. The fraction of sp³-hybridized carbons (Fsp3) is 0.412. The predicted octanol–water partition coefficient (Wildman–Crippen LogP) is 6.23. The van der Waals surface area contributed by atoms with E-state index in [1.165, 1.54) is 42.7 Å². The molecule has 22 heteroatoms. The number of alkyl carbamates (subject to hydrolysis) is 1. The normalized spacial score (nSPS) is 19.0. The molecule has 1 aliphatic carbocycles. The van der Waals surface area contributed by atoms with Gasteiger partial charge < -0.3 is 15.4 Å². The van der Waals surface area contributed by atoms with Crippen molar-refractivity contribution < 1.29 is 49.1 Å². The summed E-state index contributed by atoms with van der Waals surface area (Å²) in [6, 6.07) is 6.04. The molecule has 3 heterocycles. The van der Waals surface area contributed by atoms with Crippen LogP contribution in [0.2, 0.25) is 5.02 Å². The number of nitrogens with zero attached hydrogens (tertiary/aromatic N) is 6. The second-order valence-electron chi connectivity index (χ2n) is 14.7. The Balaban J connectivity index is 1.43. The van der Waals surface area contributed by atoms with Crippen LogP contribution in [0.5, 0.6) is 0 Å². The molecule has 2 amide bonds. The number of carbonyl (C=O) groups excluding carboxylic acids is 2. The van der Waals surface area contributed by atoms with Crippen LogP contribution in [-0.2, 0) is 25.1 Å². The second-order valence-corrected chi connectivity index (χ2v) is 17.0. The lowest BCUT2D eigenvalue weighted by Gasteiger charge is -2.35. The Hall–Kier alpha value is -5.18. The van der Waals surface area contributed by atoms with Gasteiger partial charge in [0, 0.05) is 11.1 Å². The molecule has 3 N–H and O–H groups in total. The summed E-state index contributed by atoms with van der Waals surface area (Å²) in [5.41, 5.74) is -5.17. The summed E-state index contributed by atoms with van der Waals surface area (Å²) in [6.45, 7) is 4.40. The minimum Gasteiger partial charge on any atom is -0.447 e. The van der Waals surface area contributed by atoms with Crippen LogP contribution in [0.1, 0.15) is 69.5 Å². The summed E-state index contributed by atoms with van der Waals surface area (Å²) in [5.74, 6) is -3.27. The quantitative estimate of drug-likeness (QED) is 0.148. The summed E-state index contributed by atoms with van der Waals surface area (Å²) in [6.07, 6.45) is -6.11. The number of halogens is 7. The summed E-state index contributed by atoms with van der Waals surface area (Å²) in [5, 5.41) is 21.2. The van der Waals surface area contributed by atoms with Gasteiger partial charge in [0.1, 0.15) is 29.8 Å². The third-order valence-corrected chi connectivity index (χ3v) is 10.5. The first kappa shape index (κ1) is 40.5. The van der Waals surface area contributed by atoms with Gasteiger partial charge in [-0.25, -0.2) is 36.0 Å².